The summed E-state index contributed by atoms with van der Waals surface area (Å²) >= 11 is 0. The van der Waals surface area contributed by atoms with Crippen LogP contribution in [0.4, 0.5) is 8.78 Å². The van der Waals surface area contributed by atoms with Gasteiger partial charge in [-0.2, -0.15) is 0 Å². The number of alkyl halides is 2. The molecule has 2 nitrogen and oxygen atoms in total. The van der Waals surface area contributed by atoms with Crippen LogP contribution in [0, 0.1) is 0 Å². The van der Waals surface area contributed by atoms with Crippen molar-refractivity contribution in [1.29, 1.82) is 0 Å². The summed E-state index contributed by atoms with van der Waals surface area (Å²) in [4.78, 5) is 4.12. The molecule has 2 rings (SSSR count). The van der Waals surface area contributed by atoms with Crippen LogP contribution >= 0.6 is 0 Å². The van der Waals surface area contributed by atoms with Gasteiger partial charge in [0.15, 0.2) is 0 Å². The first-order chi connectivity index (χ1) is 7.29. The van der Waals surface area contributed by atoms with Crippen molar-refractivity contribution in [2.75, 3.05) is 13.1 Å². The lowest BCUT2D eigenvalue weighted by atomic mass is 9.91. The van der Waals surface area contributed by atoms with E-state index in [1.807, 2.05) is 0 Å². The Morgan fingerprint density at radius 3 is 2.73 bits per heavy atom. The molecule has 1 saturated heterocycles. The van der Waals surface area contributed by atoms with Gasteiger partial charge >= 0.3 is 0 Å². The summed E-state index contributed by atoms with van der Waals surface area (Å²) in [6, 6.07) is 3.06. The van der Waals surface area contributed by atoms with E-state index in [2.05, 4.69) is 10.3 Å². The third kappa shape index (κ3) is 2.31. The van der Waals surface area contributed by atoms with E-state index in [9.17, 15) is 8.78 Å². The Labute approximate surface area is 87.7 Å². The molecule has 0 aliphatic carbocycles. The number of hydrogen-bond acceptors (Lipinski definition) is 2. The van der Waals surface area contributed by atoms with Gasteiger partial charge in [0.25, 0.3) is 6.43 Å². The summed E-state index contributed by atoms with van der Waals surface area (Å²) in [7, 11) is 0. The topological polar surface area (TPSA) is 24.9 Å². The van der Waals surface area contributed by atoms with E-state index in [1.54, 1.807) is 12.3 Å². The standard InChI is InChI=1S/C11H14F2N2/c12-11(13)9-2-1-5-15-10(9)8-3-6-14-7-4-8/h1-2,5,8,11,14H,3-4,6-7H2. The maximum atomic E-state index is 12.7. The van der Waals surface area contributed by atoms with Gasteiger partial charge in [-0.3, -0.25) is 4.98 Å². The normalized spacial score (nSPS) is 18.3. The highest BCUT2D eigenvalue weighted by Crippen LogP contribution is 2.31. The predicted octanol–water partition coefficient (Wildman–Crippen LogP) is 2.49. The van der Waals surface area contributed by atoms with E-state index < -0.39 is 6.43 Å². The largest absolute Gasteiger partial charge is 0.317 e. The second-order valence-corrected chi connectivity index (χ2v) is 3.80. The number of pyridine rings is 1. The van der Waals surface area contributed by atoms with Crippen LogP contribution in [0.3, 0.4) is 0 Å². The van der Waals surface area contributed by atoms with Crippen LogP contribution in [0.25, 0.3) is 0 Å². The molecule has 0 atom stereocenters. The lowest BCUT2D eigenvalue weighted by Crippen LogP contribution is -2.27. The predicted molar refractivity (Wildman–Crippen MR) is 54.0 cm³/mol. The molecule has 0 spiro atoms. The average molecular weight is 212 g/mol. The molecule has 15 heavy (non-hydrogen) atoms. The molecular formula is C11H14F2N2. The van der Waals surface area contributed by atoms with Crippen molar-refractivity contribution < 1.29 is 8.78 Å². The third-order valence-electron chi connectivity index (χ3n) is 2.83. The lowest BCUT2D eigenvalue weighted by Gasteiger charge is -2.23. The van der Waals surface area contributed by atoms with Gasteiger partial charge in [0.05, 0.1) is 5.69 Å². The first kappa shape index (κ1) is 10.5. The Bertz CT molecular complexity index is 322. The van der Waals surface area contributed by atoms with Gasteiger partial charge < -0.3 is 5.32 Å². The van der Waals surface area contributed by atoms with Gasteiger partial charge in [-0.15, -0.1) is 0 Å². The zero-order chi connectivity index (χ0) is 10.7. The van der Waals surface area contributed by atoms with Crippen LogP contribution in [0.2, 0.25) is 0 Å². The quantitative estimate of drug-likeness (QED) is 0.814. The molecule has 0 bridgehead atoms. The zero-order valence-corrected chi connectivity index (χ0v) is 8.42. The van der Waals surface area contributed by atoms with Crippen LogP contribution in [-0.4, -0.2) is 18.1 Å². The molecule has 0 amide bonds. The van der Waals surface area contributed by atoms with Crippen LogP contribution in [-0.2, 0) is 0 Å². The van der Waals surface area contributed by atoms with Gasteiger partial charge in [0.2, 0.25) is 0 Å². The molecule has 82 valence electrons. The Hall–Kier alpha value is -1.03. The van der Waals surface area contributed by atoms with E-state index in [1.165, 1.54) is 6.07 Å². The van der Waals surface area contributed by atoms with Crippen LogP contribution in [0.1, 0.15) is 36.4 Å². The number of hydrogen-bond donors (Lipinski definition) is 1. The minimum Gasteiger partial charge on any atom is -0.317 e. The van der Waals surface area contributed by atoms with Crippen molar-refractivity contribution in [2.24, 2.45) is 0 Å². The lowest BCUT2D eigenvalue weighted by molar-refractivity contribution is 0.148. The molecule has 1 aliphatic heterocycles. The van der Waals surface area contributed by atoms with Crippen molar-refractivity contribution in [1.82, 2.24) is 10.3 Å². The van der Waals surface area contributed by atoms with Crippen molar-refractivity contribution >= 4 is 0 Å². The van der Waals surface area contributed by atoms with Crippen LogP contribution in [0.5, 0.6) is 0 Å². The van der Waals surface area contributed by atoms with E-state index >= 15 is 0 Å². The minimum absolute atomic E-state index is 0.101. The molecule has 2 heterocycles. The Balaban J connectivity index is 2.25. The second-order valence-electron chi connectivity index (χ2n) is 3.80. The summed E-state index contributed by atoms with van der Waals surface area (Å²) in [5.74, 6) is 0.191. The van der Waals surface area contributed by atoms with Gasteiger partial charge in [-0.1, -0.05) is 0 Å². The Morgan fingerprint density at radius 1 is 1.33 bits per heavy atom. The van der Waals surface area contributed by atoms with E-state index in [0.29, 0.717) is 5.69 Å². The maximum Gasteiger partial charge on any atom is 0.265 e. The fourth-order valence-corrected chi connectivity index (χ4v) is 2.05. The van der Waals surface area contributed by atoms with Crippen molar-refractivity contribution in [3.8, 4) is 0 Å². The number of halogens is 2. The summed E-state index contributed by atoms with van der Waals surface area (Å²) in [5.41, 5.74) is 0.693. The zero-order valence-electron chi connectivity index (χ0n) is 8.42. The van der Waals surface area contributed by atoms with Crippen molar-refractivity contribution in [2.45, 2.75) is 25.2 Å². The molecule has 1 aromatic rings. The fraction of sp³-hybridized carbons (Fsp3) is 0.545. The number of piperidine rings is 1. The molecule has 1 aliphatic rings. The molecule has 1 N–H and O–H groups in total. The molecule has 0 aromatic carbocycles. The van der Waals surface area contributed by atoms with Crippen LogP contribution < -0.4 is 5.32 Å². The first-order valence-corrected chi connectivity index (χ1v) is 5.22. The molecule has 0 unspecified atom stereocenters. The van der Waals surface area contributed by atoms with Gasteiger partial charge in [0.1, 0.15) is 0 Å². The minimum atomic E-state index is -2.41. The fourth-order valence-electron chi connectivity index (χ4n) is 2.05. The summed E-state index contributed by atoms with van der Waals surface area (Å²) < 4.78 is 25.5. The molecule has 1 aromatic heterocycles. The highest BCUT2D eigenvalue weighted by Gasteiger charge is 2.22. The SMILES string of the molecule is FC(F)c1cccnc1C1CCNCC1. The van der Waals surface area contributed by atoms with Crippen LogP contribution in [0.15, 0.2) is 18.3 Å². The maximum absolute atomic E-state index is 12.7. The number of nitrogens with one attached hydrogen (secondary N) is 1. The highest BCUT2D eigenvalue weighted by atomic mass is 19.3. The Morgan fingerprint density at radius 2 is 2.07 bits per heavy atom. The molecule has 4 heteroatoms. The van der Waals surface area contributed by atoms with E-state index in [4.69, 9.17) is 0 Å². The van der Waals surface area contributed by atoms with Gasteiger partial charge in [-0.05, 0) is 38.1 Å². The smallest absolute Gasteiger partial charge is 0.265 e. The van der Waals surface area contributed by atoms with Gasteiger partial charge in [-0.25, -0.2) is 8.78 Å². The number of aromatic nitrogens is 1. The highest BCUT2D eigenvalue weighted by molar-refractivity contribution is 5.24. The second kappa shape index (κ2) is 4.66. The summed E-state index contributed by atoms with van der Waals surface area (Å²) in [6.45, 7) is 1.79. The van der Waals surface area contributed by atoms with Gasteiger partial charge in [0, 0.05) is 17.7 Å². The molecule has 1 fully saturated rings. The third-order valence-corrected chi connectivity index (χ3v) is 2.83. The first-order valence-electron chi connectivity index (χ1n) is 5.22. The van der Waals surface area contributed by atoms with Crippen molar-refractivity contribution in [3.63, 3.8) is 0 Å². The molecule has 0 saturated carbocycles. The number of nitrogens with zero attached hydrogens (tertiary/aromatic N) is 1. The monoisotopic (exact) mass is 212 g/mol. The van der Waals surface area contributed by atoms with Crippen molar-refractivity contribution in [3.05, 3.63) is 29.6 Å². The van der Waals surface area contributed by atoms with E-state index in [0.717, 1.165) is 25.9 Å². The Kier molecular flexibility index (Phi) is 3.26. The summed E-state index contributed by atoms with van der Waals surface area (Å²) in [5, 5.41) is 3.22. The van der Waals surface area contributed by atoms with E-state index in [-0.39, 0.29) is 11.5 Å². The molecule has 0 radical (unpaired) electrons. The summed E-state index contributed by atoms with van der Waals surface area (Å²) in [6.07, 6.45) is 0.986. The molecular weight excluding hydrogens is 198 g/mol. The average Bonchev–Trinajstić information content (AvgIpc) is 2.30. The number of rotatable bonds is 2.